The Bertz CT molecular complexity index is 93.4. The van der Waals surface area contributed by atoms with Crippen molar-refractivity contribution in [3.63, 3.8) is 0 Å². The molecule has 0 saturated carbocycles. The molecule has 0 aliphatic heterocycles. The van der Waals surface area contributed by atoms with Crippen molar-refractivity contribution in [2.45, 2.75) is 6.92 Å². The molecule has 0 fully saturated rings. The van der Waals surface area contributed by atoms with Gasteiger partial charge in [0.05, 0.1) is 11.9 Å². The maximum Gasteiger partial charge on any atom is 0.0870 e. The summed E-state index contributed by atoms with van der Waals surface area (Å²) in [5.41, 5.74) is 4.85. The Morgan fingerprint density at radius 1 is 1.30 bits per heavy atom. The molecule has 0 amide bonds. The molecule has 0 bridgehead atoms. The number of hydrogen-bond acceptors (Lipinski definition) is 5. The van der Waals surface area contributed by atoms with Gasteiger partial charge in [0, 0.05) is 22.4 Å². The van der Waals surface area contributed by atoms with Gasteiger partial charge in [-0.3, -0.25) is 0 Å². The van der Waals surface area contributed by atoms with Crippen molar-refractivity contribution in [2.75, 3.05) is 6.54 Å². The molecular formula is C4H7AgNO4-2. The van der Waals surface area contributed by atoms with E-state index in [2.05, 4.69) is 0 Å². The molecule has 10 heavy (non-hydrogen) atoms. The molecule has 0 aliphatic rings. The van der Waals surface area contributed by atoms with E-state index in [1.807, 2.05) is 6.92 Å². The molecule has 5 nitrogen and oxygen atoms in total. The third-order valence-electron chi connectivity index (χ3n) is 0.167. The number of rotatable bonds is 0. The van der Waals surface area contributed by atoms with Gasteiger partial charge in [0.2, 0.25) is 0 Å². The minimum atomic E-state index is -2.19. The molecule has 0 aromatic heterocycles. The third kappa shape index (κ3) is 25.4. The van der Waals surface area contributed by atoms with Gasteiger partial charge < -0.3 is 25.5 Å². The van der Waals surface area contributed by atoms with E-state index in [0.717, 1.165) is 6.54 Å². The fourth-order valence-electron chi connectivity index (χ4n) is 0. The fourth-order valence-corrected chi connectivity index (χ4v) is 0. The molecule has 6 heteroatoms. The van der Waals surface area contributed by atoms with E-state index in [1.54, 1.807) is 0 Å². The Morgan fingerprint density at radius 2 is 1.40 bits per heavy atom. The number of carbonyl (C=O) groups is 2. The van der Waals surface area contributed by atoms with Gasteiger partial charge in [-0.25, -0.2) is 0 Å². The smallest absolute Gasteiger partial charge is 0.0870 e. The first-order valence-corrected chi connectivity index (χ1v) is 2.18. The van der Waals surface area contributed by atoms with Gasteiger partial charge in [-0.05, 0) is 6.54 Å². The molecule has 0 rings (SSSR count). The topological polar surface area (TPSA) is 106 Å². The summed E-state index contributed by atoms with van der Waals surface area (Å²) in [4.78, 5) is 17.9. The molecule has 0 saturated heterocycles. The average molecular weight is 241 g/mol. The molecule has 0 aromatic carbocycles. The van der Waals surface area contributed by atoms with Crippen LogP contribution in [0.5, 0.6) is 0 Å². The number of carbonyl (C=O) groups excluding carboxylic acids is 2. The van der Waals surface area contributed by atoms with Crippen LogP contribution in [0.25, 0.3) is 0 Å². The van der Waals surface area contributed by atoms with Crippen LogP contribution in [0.15, 0.2) is 0 Å². The number of carboxylic acids is 2. The first kappa shape index (κ1) is 16.3. The van der Waals surface area contributed by atoms with Crippen molar-refractivity contribution in [1.29, 1.82) is 0 Å². The zero-order valence-corrected chi connectivity index (χ0v) is 6.70. The Labute approximate surface area is 73.7 Å². The summed E-state index contributed by atoms with van der Waals surface area (Å²) in [5.74, 6) is -4.37. The largest absolute Gasteiger partial charge is 0.543 e. The van der Waals surface area contributed by atoms with Crippen LogP contribution in [0.2, 0.25) is 0 Å². The van der Waals surface area contributed by atoms with Crippen LogP contribution in [0.3, 0.4) is 0 Å². The van der Waals surface area contributed by atoms with Crippen LogP contribution in [0, 0.1) is 0 Å². The van der Waals surface area contributed by atoms with Crippen molar-refractivity contribution in [3.05, 3.63) is 0 Å². The summed E-state index contributed by atoms with van der Waals surface area (Å²) in [5, 5.41) is 17.9. The summed E-state index contributed by atoms with van der Waals surface area (Å²) in [6.45, 7) is 2.65. The van der Waals surface area contributed by atoms with E-state index in [9.17, 15) is 0 Å². The Kier molecular flexibility index (Phi) is 18.7. The van der Waals surface area contributed by atoms with Gasteiger partial charge in [-0.2, -0.15) is 0 Å². The third-order valence-corrected chi connectivity index (χ3v) is 0.167. The van der Waals surface area contributed by atoms with Gasteiger partial charge >= 0.3 is 0 Å². The van der Waals surface area contributed by atoms with Crippen LogP contribution >= 0.6 is 0 Å². The molecule has 0 atom stereocenters. The van der Waals surface area contributed by atoms with Gasteiger partial charge in [-0.15, -0.1) is 0 Å². The molecule has 0 aromatic rings. The second-order valence-corrected chi connectivity index (χ2v) is 0.983. The van der Waals surface area contributed by atoms with Crippen molar-refractivity contribution >= 4 is 11.9 Å². The summed E-state index contributed by atoms with van der Waals surface area (Å²) in [7, 11) is 0. The van der Waals surface area contributed by atoms with Crippen LogP contribution in [-0.2, 0) is 32.0 Å². The second kappa shape index (κ2) is 11.4. The van der Waals surface area contributed by atoms with E-state index in [4.69, 9.17) is 25.5 Å². The summed E-state index contributed by atoms with van der Waals surface area (Å²) in [6, 6.07) is 0. The molecular weight excluding hydrogens is 234 g/mol. The maximum absolute atomic E-state index is 8.93. The minimum Gasteiger partial charge on any atom is -0.543 e. The molecule has 0 heterocycles. The van der Waals surface area contributed by atoms with Gasteiger partial charge in [0.25, 0.3) is 0 Å². The standard InChI is InChI=1S/C2H7N.C2H2O4.Ag/c1-2-3;3-1(4)2(5)6;/h2-3H2,1H3;(H,3,4)(H,5,6);/p-2. The first-order chi connectivity index (χ1) is 4.06. The zero-order valence-electron chi connectivity index (χ0n) is 5.22. The van der Waals surface area contributed by atoms with Crippen LogP contribution in [0.4, 0.5) is 0 Å². The van der Waals surface area contributed by atoms with E-state index >= 15 is 0 Å². The minimum absolute atomic E-state index is 0. The van der Waals surface area contributed by atoms with Crippen molar-refractivity contribution in [1.82, 2.24) is 0 Å². The van der Waals surface area contributed by atoms with Crippen LogP contribution < -0.4 is 15.9 Å². The fraction of sp³-hybridized carbons (Fsp3) is 0.500. The molecule has 0 aliphatic carbocycles. The van der Waals surface area contributed by atoms with E-state index in [0.29, 0.717) is 0 Å². The van der Waals surface area contributed by atoms with Crippen molar-refractivity contribution in [2.24, 2.45) is 5.73 Å². The first-order valence-electron chi connectivity index (χ1n) is 2.18. The summed E-state index contributed by atoms with van der Waals surface area (Å²) in [6.07, 6.45) is 0. The molecule has 0 unspecified atom stereocenters. The van der Waals surface area contributed by atoms with Crippen molar-refractivity contribution < 1.29 is 42.2 Å². The molecule has 2 N–H and O–H groups in total. The predicted octanol–water partition coefficient (Wildman–Crippen LogP) is -3.55. The van der Waals surface area contributed by atoms with Gasteiger partial charge in [0.15, 0.2) is 0 Å². The monoisotopic (exact) mass is 240 g/mol. The predicted molar refractivity (Wildman–Crippen MR) is 24.7 cm³/mol. The molecule has 1 radical (unpaired) electrons. The Morgan fingerprint density at radius 3 is 1.40 bits per heavy atom. The summed E-state index contributed by atoms with van der Waals surface area (Å²) < 4.78 is 0. The van der Waals surface area contributed by atoms with Gasteiger partial charge in [-0.1, -0.05) is 6.92 Å². The van der Waals surface area contributed by atoms with E-state index < -0.39 is 11.9 Å². The Hall–Kier alpha value is -0.360. The number of carboxylic acid groups (broad SMARTS) is 2. The second-order valence-electron chi connectivity index (χ2n) is 0.983. The van der Waals surface area contributed by atoms with E-state index in [-0.39, 0.29) is 22.4 Å². The Balaban J connectivity index is -0.000000107. The van der Waals surface area contributed by atoms with Crippen molar-refractivity contribution in [3.8, 4) is 0 Å². The summed E-state index contributed by atoms with van der Waals surface area (Å²) >= 11 is 0. The normalized spacial score (nSPS) is 6.20. The molecule has 65 valence electrons. The number of aliphatic carboxylic acids is 2. The zero-order chi connectivity index (χ0) is 7.86. The number of hydrogen-bond donors (Lipinski definition) is 1. The average Bonchev–Trinajstić information content (AvgIpc) is 1.68. The van der Waals surface area contributed by atoms with E-state index in [1.165, 1.54) is 0 Å². The van der Waals surface area contributed by atoms with Crippen LogP contribution in [-0.4, -0.2) is 18.5 Å². The quantitative estimate of drug-likeness (QED) is 0.349. The maximum atomic E-state index is 8.93. The number of nitrogens with two attached hydrogens (primary N) is 1. The molecule has 0 spiro atoms. The van der Waals surface area contributed by atoms with Crippen LogP contribution in [0.1, 0.15) is 6.92 Å². The SMILES string of the molecule is CCN.O=C([O-])C(=O)[O-].[Ag]. The van der Waals surface area contributed by atoms with Gasteiger partial charge in [0.1, 0.15) is 0 Å².